The molecule has 0 aliphatic carbocycles. The average molecular weight is 195 g/mol. The predicted molar refractivity (Wildman–Crippen MR) is 52.2 cm³/mol. The van der Waals surface area contributed by atoms with E-state index in [-0.39, 0.29) is 5.63 Å². The van der Waals surface area contributed by atoms with Gasteiger partial charge in [0.05, 0.1) is 5.02 Å². The summed E-state index contributed by atoms with van der Waals surface area (Å²) in [5.41, 5.74) is 1.13. The van der Waals surface area contributed by atoms with Crippen molar-refractivity contribution < 1.29 is 4.42 Å². The average Bonchev–Trinajstić information content (AvgIpc) is 2.06. The Kier molecular flexibility index (Phi) is 1.85. The minimum atomic E-state index is -0.377. The molecule has 0 aliphatic rings. The number of hydrogen-bond donors (Lipinski definition) is 0. The molecule has 0 saturated carbocycles. The van der Waals surface area contributed by atoms with Gasteiger partial charge in [-0.05, 0) is 30.7 Å². The third-order valence-electron chi connectivity index (χ3n) is 1.82. The molecule has 1 aromatic heterocycles. The number of aryl methyl sites for hydroxylation is 1. The zero-order valence-electron chi connectivity index (χ0n) is 7.00. The van der Waals surface area contributed by atoms with E-state index in [9.17, 15) is 4.79 Å². The fraction of sp³-hybridized carbons (Fsp3) is 0.100. The van der Waals surface area contributed by atoms with E-state index < -0.39 is 0 Å². The Labute approximate surface area is 79.7 Å². The van der Waals surface area contributed by atoms with Gasteiger partial charge in [-0.3, -0.25) is 0 Å². The molecular formula is C10H7ClO2. The van der Waals surface area contributed by atoms with Crippen LogP contribution in [0.2, 0.25) is 5.02 Å². The smallest absolute Gasteiger partial charge is 0.336 e. The van der Waals surface area contributed by atoms with E-state index in [1.807, 2.05) is 13.0 Å². The zero-order chi connectivity index (χ0) is 9.42. The third-order valence-corrected chi connectivity index (χ3v) is 2.10. The molecule has 2 aromatic rings. The van der Waals surface area contributed by atoms with Crippen LogP contribution >= 0.6 is 11.6 Å². The molecule has 1 heterocycles. The van der Waals surface area contributed by atoms with Gasteiger partial charge < -0.3 is 4.42 Å². The molecule has 0 amide bonds. The lowest BCUT2D eigenvalue weighted by Crippen LogP contribution is -1.94. The predicted octanol–water partition coefficient (Wildman–Crippen LogP) is 2.75. The van der Waals surface area contributed by atoms with Crippen molar-refractivity contribution in [3.05, 3.63) is 45.3 Å². The molecule has 0 bridgehead atoms. The fourth-order valence-electron chi connectivity index (χ4n) is 1.28. The molecule has 0 saturated heterocycles. The van der Waals surface area contributed by atoms with Crippen LogP contribution in [0.1, 0.15) is 5.56 Å². The Morgan fingerprint density at radius 3 is 2.85 bits per heavy atom. The quantitative estimate of drug-likeness (QED) is 0.604. The van der Waals surface area contributed by atoms with Crippen LogP contribution in [0.25, 0.3) is 11.0 Å². The lowest BCUT2D eigenvalue weighted by Gasteiger charge is -1.99. The summed E-state index contributed by atoms with van der Waals surface area (Å²) in [6, 6.07) is 6.79. The molecule has 0 unspecified atom stereocenters. The standard InChI is InChI=1S/C10H7ClO2/c1-6-4-7-2-3-9(12)13-10(7)8(11)5-6/h2-5H,1H3. The van der Waals surface area contributed by atoms with Gasteiger partial charge in [0.15, 0.2) is 5.58 Å². The van der Waals surface area contributed by atoms with Crippen LogP contribution in [0, 0.1) is 6.92 Å². The van der Waals surface area contributed by atoms with Crippen LogP contribution in [-0.4, -0.2) is 0 Å². The first kappa shape index (κ1) is 8.32. The van der Waals surface area contributed by atoms with Crippen molar-refractivity contribution >= 4 is 22.6 Å². The van der Waals surface area contributed by atoms with Crippen molar-refractivity contribution in [2.24, 2.45) is 0 Å². The molecule has 2 nitrogen and oxygen atoms in total. The largest absolute Gasteiger partial charge is 0.421 e. The van der Waals surface area contributed by atoms with Crippen LogP contribution in [-0.2, 0) is 0 Å². The first-order valence-electron chi connectivity index (χ1n) is 3.87. The van der Waals surface area contributed by atoms with Gasteiger partial charge in [0.2, 0.25) is 0 Å². The Morgan fingerprint density at radius 2 is 2.08 bits per heavy atom. The van der Waals surface area contributed by atoms with Crippen LogP contribution in [0.5, 0.6) is 0 Å². The van der Waals surface area contributed by atoms with Crippen LogP contribution in [0.3, 0.4) is 0 Å². The molecule has 3 heteroatoms. The first-order valence-corrected chi connectivity index (χ1v) is 4.24. The van der Waals surface area contributed by atoms with Gasteiger partial charge in [-0.2, -0.15) is 0 Å². The number of hydrogen-bond acceptors (Lipinski definition) is 2. The maximum absolute atomic E-state index is 10.9. The normalized spacial score (nSPS) is 10.6. The fourth-order valence-corrected chi connectivity index (χ4v) is 1.60. The maximum atomic E-state index is 10.9. The lowest BCUT2D eigenvalue weighted by atomic mass is 10.2. The summed E-state index contributed by atoms with van der Waals surface area (Å²) in [6.45, 7) is 1.94. The summed E-state index contributed by atoms with van der Waals surface area (Å²) < 4.78 is 4.96. The van der Waals surface area contributed by atoms with E-state index >= 15 is 0 Å². The monoisotopic (exact) mass is 194 g/mol. The Morgan fingerprint density at radius 1 is 1.31 bits per heavy atom. The van der Waals surface area contributed by atoms with E-state index in [0.29, 0.717) is 10.6 Å². The number of rotatable bonds is 0. The van der Waals surface area contributed by atoms with Crippen molar-refractivity contribution in [2.45, 2.75) is 6.92 Å². The molecule has 13 heavy (non-hydrogen) atoms. The lowest BCUT2D eigenvalue weighted by molar-refractivity contribution is 0.561. The van der Waals surface area contributed by atoms with Gasteiger partial charge in [0.1, 0.15) is 0 Å². The summed E-state index contributed by atoms with van der Waals surface area (Å²) in [6.07, 6.45) is 0. The van der Waals surface area contributed by atoms with Crippen molar-refractivity contribution in [2.75, 3.05) is 0 Å². The van der Waals surface area contributed by atoms with E-state index in [1.54, 1.807) is 12.1 Å². The summed E-state index contributed by atoms with van der Waals surface area (Å²) in [5, 5.41) is 1.33. The van der Waals surface area contributed by atoms with Crippen molar-refractivity contribution in [3.63, 3.8) is 0 Å². The van der Waals surface area contributed by atoms with Gasteiger partial charge in [0, 0.05) is 11.5 Å². The summed E-state index contributed by atoms with van der Waals surface area (Å²) in [5.74, 6) is 0. The highest BCUT2D eigenvalue weighted by Crippen LogP contribution is 2.23. The maximum Gasteiger partial charge on any atom is 0.336 e. The van der Waals surface area contributed by atoms with Crippen LogP contribution in [0.4, 0.5) is 0 Å². The highest BCUT2D eigenvalue weighted by molar-refractivity contribution is 6.34. The highest BCUT2D eigenvalue weighted by atomic mass is 35.5. The van der Waals surface area contributed by atoms with Crippen molar-refractivity contribution in [1.29, 1.82) is 0 Å². The molecule has 0 aliphatic heterocycles. The SMILES string of the molecule is Cc1cc(Cl)c2oc(=O)ccc2c1. The van der Waals surface area contributed by atoms with Gasteiger partial charge in [-0.25, -0.2) is 4.79 Å². The van der Waals surface area contributed by atoms with Gasteiger partial charge >= 0.3 is 5.63 Å². The highest BCUT2D eigenvalue weighted by Gasteiger charge is 2.02. The third kappa shape index (κ3) is 1.45. The Hall–Kier alpha value is -1.28. The van der Waals surface area contributed by atoms with E-state index in [0.717, 1.165) is 10.9 Å². The van der Waals surface area contributed by atoms with Gasteiger partial charge in [-0.1, -0.05) is 11.6 Å². The minimum absolute atomic E-state index is 0.377. The summed E-state index contributed by atoms with van der Waals surface area (Å²) in [7, 11) is 0. The summed E-state index contributed by atoms with van der Waals surface area (Å²) >= 11 is 5.90. The van der Waals surface area contributed by atoms with Crippen molar-refractivity contribution in [3.8, 4) is 0 Å². The van der Waals surface area contributed by atoms with Gasteiger partial charge in [0.25, 0.3) is 0 Å². The second-order valence-electron chi connectivity index (χ2n) is 2.92. The van der Waals surface area contributed by atoms with Gasteiger partial charge in [-0.15, -0.1) is 0 Å². The number of halogens is 1. The minimum Gasteiger partial charge on any atom is -0.421 e. The molecule has 0 N–H and O–H groups in total. The second kappa shape index (κ2) is 2.89. The van der Waals surface area contributed by atoms with Crippen LogP contribution in [0.15, 0.2) is 33.5 Å². The molecule has 2 rings (SSSR count). The Balaban J connectivity index is 2.95. The summed E-state index contributed by atoms with van der Waals surface area (Å²) in [4.78, 5) is 10.9. The molecule has 0 atom stereocenters. The number of benzene rings is 1. The molecule has 0 spiro atoms. The van der Waals surface area contributed by atoms with E-state index in [2.05, 4.69) is 0 Å². The molecule has 0 radical (unpaired) electrons. The zero-order valence-corrected chi connectivity index (χ0v) is 7.76. The second-order valence-corrected chi connectivity index (χ2v) is 3.33. The topological polar surface area (TPSA) is 30.2 Å². The number of fused-ring (bicyclic) bond motifs is 1. The molecule has 1 aromatic carbocycles. The van der Waals surface area contributed by atoms with Crippen LogP contribution < -0.4 is 5.63 Å². The van der Waals surface area contributed by atoms with E-state index in [4.69, 9.17) is 16.0 Å². The first-order chi connectivity index (χ1) is 6.16. The Bertz CT molecular complexity index is 514. The molecule has 66 valence electrons. The molecular weight excluding hydrogens is 188 g/mol. The van der Waals surface area contributed by atoms with E-state index in [1.165, 1.54) is 6.07 Å². The van der Waals surface area contributed by atoms with Crippen molar-refractivity contribution in [1.82, 2.24) is 0 Å². The molecule has 0 fully saturated rings.